The molecule has 1 aromatic heterocycles. The van der Waals surface area contributed by atoms with E-state index in [-0.39, 0.29) is 6.04 Å². The zero-order valence-corrected chi connectivity index (χ0v) is 14.4. The smallest absolute Gasteiger partial charge is 0.114 e. The highest BCUT2D eigenvalue weighted by Crippen LogP contribution is 2.24. The van der Waals surface area contributed by atoms with Crippen molar-refractivity contribution in [2.45, 2.75) is 38.2 Å². The molecule has 0 unspecified atom stereocenters. The zero-order chi connectivity index (χ0) is 16.1. The molecule has 0 saturated carbocycles. The lowest BCUT2D eigenvalue weighted by molar-refractivity contribution is 0.0382. The Morgan fingerprint density at radius 1 is 1.64 bits per heavy atom. The van der Waals surface area contributed by atoms with Crippen LogP contribution < -0.4 is 0 Å². The number of methoxy groups -OCH3 is 1. The number of hydrogen-bond donors (Lipinski definition) is 1. The second-order valence-corrected chi connectivity index (χ2v) is 7.17. The minimum Gasteiger partial charge on any atom is -0.389 e. The summed E-state index contributed by atoms with van der Waals surface area (Å²) >= 11 is 1.63. The number of nitrogens with zero attached hydrogens (tertiary/aromatic N) is 3. The van der Waals surface area contributed by atoms with E-state index < -0.39 is 12.3 Å². The molecule has 22 heavy (non-hydrogen) atoms. The first-order chi connectivity index (χ1) is 10.5. The molecule has 7 heteroatoms. The Bertz CT molecular complexity index is 460. The summed E-state index contributed by atoms with van der Waals surface area (Å²) in [6.45, 7) is 4.75. The van der Waals surface area contributed by atoms with E-state index in [9.17, 15) is 9.50 Å². The SMILES string of the molecule is COC[C@H](O)CN(C)C[C@@H]1C[C@H](F)CN1Cc1csc(C)n1. The van der Waals surface area contributed by atoms with Crippen LogP contribution in [-0.4, -0.2) is 78.6 Å². The van der Waals surface area contributed by atoms with E-state index in [1.165, 1.54) is 0 Å². The van der Waals surface area contributed by atoms with Crippen molar-refractivity contribution in [1.82, 2.24) is 14.8 Å². The highest BCUT2D eigenvalue weighted by Gasteiger charge is 2.33. The summed E-state index contributed by atoms with van der Waals surface area (Å²) in [5, 5.41) is 12.9. The van der Waals surface area contributed by atoms with Crippen molar-refractivity contribution in [3.63, 3.8) is 0 Å². The van der Waals surface area contributed by atoms with Gasteiger partial charge in [0.2, 0.25) is 0 Å². The molecule has 1 aliphatic rings. The first-order valence-electron chi connectivity index (χ1n) is 7.62. The van der Waals surface area contributed by atoms with Crippen LogP contribution in [0.1, 0.15) is 17.1 Å². The van der Waals surface area contributed by atoms with Crippen molar-refractivity contribution in [3.05, 3.63) is 16.1 Å². The van der Waals surface area contributed by atoms with E-state index in [1.54, 1.807) is 18.4 Å². The van der Waals surface area contributed by atoms with Gasteiger partial charge in [-0.05, 0) is 20.4 Å². The Morgan fingerprint density at radius 3 is 3.05 bits per heavy atom. The van der Waals surface area contributed by atoms with Crippen molar-refractivity contribution in [1.29, 1.82) is 0 Å². The summed E-state index contributed by atoms with van der Waals surface area (Å²) in [5.74, 6) is 0. The number of halogens is 1. The van der Waals surface area contributed by atoms with Gasteiger partial charge < -0.3 is 14.7 Å². The Kier molecular flexibility index (Phi) is 6.70. The number of aliphatic hydroxyl groups is 1. The van der Waals surface area contributed by atoms with E-state index in [1.807, 2.05) is 24.3 Å². The topological polar surface area (TPSA) is 48.8 Å². The van der Waals surface area contributed by atoms with Gasteiger partial charge in [-0.2, -0.15) is 0 Å². The molecule has 3 atom stereocenters. The molecule has 1 aliphatic heterocycles. The Hall–Kier alpha value is -0.600. The molecule has 0 aliphatic carbocycles. The predicted octanol–water partition coefficient (Wildman–Crippen LogP) is 1.30. The van der Waals surface area contributed by atoms with Gasteiger partial charge in [-0.1, -0.05) is 0 Å². The number of thiazole rings is 1. The fourth-order valence-electron chi connectivity index (χ4n) is 3.03. The fraction of sp³-hybridized carbons (Fsp3) is 0.800. The van der Waals surface area contributed by atoms with Crippen molar-refractivity contribution >= 4 is 11.3 Å². The molecule has 0 bridgehead atoms. The Labute approximate surface area is 135 Å². The first-order valence-corrected chi connectivity index (χ1v) is 8.50. The molecule has 1 aromatic rings. The Balaban J connectivity index is 1.87. The summed E-state index contributed by atoms with van der Waals surface area (Å²) in [6.07, 6.45) is -0.734. The van der Waals surface area contributed by atoms with Gasteiger partial charge in [-0.15, -0.1) is 11.3 Å². The monoisotopic (exact) mass is 331 g/mol. The molecule has 5 nitrogen and oxygen atoms in total. The van der Waals surface area contributed by atoms with Gasteiger partial charge in [0.1, 0.15) is 6.17 Å². The van der Waals surface area contributed by atoms with E-state index in [0.717, 1.165) is 17.2 Å². The number of ether oxygens (including phenoxy) is 1. The lowest BCUT2D eigenvalue weighted by Crippen LogP contribution is -2.41. The van der Waals surface area contributed by atoms with Gasteiger partial charge >= 0.3 is 0 Å². The quantitative estimate of drug-likeness (QED) is 0.778. The summed E-state index contributed by atoms with van der Waals surface area (Å²) in [6, 6.07) is 0.164. The van der Waals surface area contributed by atoms with E-state index >= 15 is 0 Å². The second-order valence-electron chi connectivity index (χ2n) is 6.10. The maximum Gasteiger partial charge on any atom is 0.114 e. The van der Waals surface area contributed by atoms with Gasteiger partial charge in [0.05, 0.1) is 23.4 Å². The molecule has 126 valence electrons. The molecule has 1 N–H and O–H groups in total. The molecular formula is C15H26FN3O2S. The van der Waals surface area contributed by atoms with Crippen LogP contribution in [0, 0.1) is 6.92 Å². The number of rotatable bonds is 8. The van der Waals surface area contributed by atoms with E-state index in [0.29, 0.717) is 32.7 Å². The van der Waals surface area contributed by atoms with Crippen LogP contribution in [-0.2, 0) is 11.3 Å². The van der Waals surface area contributed by atoms with Crippen LogP contribution in [0.3, 0.4) is 0 Å². The normalized spacial score (nSPS) is 24.3. The molecule has 1 fully saturated rings. The minimum atomic E-state index is -0.776. The van der Waals surface area contributed by atoms with Gasteiger partial charge in [-0.25, -0.2) is 9.37 Å². The summed E-state index contributed by atoms with van der Waals surface area (Å²) in [5.41, 5.74) is 1.02. The number of hydrogen-bond acceptors (Lipinski definition) is 6. The minimum absolute atomic E-state index is 0.164. The van der Waals surface area contributed by atoms with Crippen LogP contribution >= 0.6 is 11.3 Å². The van der Waals surface area contributed by atoms with Gasteiger partial charge in [0.15, 0.2) is 0 Å². The molecule has 2 heterocycles. The maximum atomic E-state index is 13.8. The summed E-state index contributed by atoms with van der Waals surface area (Å²) in [7, 11) is 3.53. The predicted molar refractivity (Wildman–Crippen MR) is 85.9 cm³/mol. The third-order valence-electron chi connectivity index (χ3n) is 3.91. The van der Waals surface area contributed by atoms with Gasteiger partial charge in [0, 0.05) is 44.7 Å². The largest absolute Gasteiger partial charge is 0.389 e. The lowest BCUT2D eigenvalue weighted by atomic mass is 10.2. The highest BCUT2D eigenvalue weighted by atomic mass is 32.1. The number of aromatic nitrogens is 1. The molecule has 0 radical (unpaired) electrons. The Morgan fingerprint density at radius 2 is 2.41 bits per heavy atom. The van der Waals surface area contributed by atoms with Crippen LogP contribution in [0.4, 0.5) is 4.39 Å². The lowest BCUT2D eigenvalue weighted by Gasteiger charge is -2.28. The average Bonchev–Trinajstić information content (AvgIpc) is 2.96. The molecule has 0 amide bonds. The third-order valence-corrected chi connectivity index (χ3v) is 4.73. The fourth-order valence-corrected chi connectivity index (χ4v) is 3.64. The van der Waals surface area contributed by atoms with E-state index in [4.69, 9.17) is 4.74 Å². The number of likely N-dealkylation sites (N-methyl/N-ethyl adjacent to an activating group) is 1. The van der Waals surface area contributed by atoms with Crippen LogP contribution in [0.2, 0.25) is 0 Å². The average molecular weight is 331 g/mol. The second kappa shape index (κ2) is 8.31. The van der Waals surface area contributed by atoms with E-state index in [2.05, 4.69) is 9.88 Å². The van der Waals surface area contributed by atoms with Gasteiger partial charge in [0.25, 0.3) is 0 Å². The molecule has 0 aromatic carbocycles. The molecule has 1 saturated heterocycles. The molecule has 2 rings (SSSR count). The number of alkyl halides is 1. The molecular weight excluding hydrogens is 305 g/mol. The highest BCUT2D eigenvalue weighted by molar-refractivity contribution is 7.09. The molecule has 0 spiro atoms. The number of aryl methyl sites for hydroxylation is 1. The number of likely N-dealkylation sites (tertiary alicyclic amines) is 1. The van der Waals surface area contributed by atoms with Crippen molar-refractivity contribution in [2.24, 2.45) is 0 Å². The standard InChI is InChI=1S/C15H26FN3O2S/c1-11-17-13(10-22-11)6-19-5-12(16)4-14(19)7-18(2)8-15(20)9-21-3/h10,12,14-15,20H,4-9H2,1-3H3/t12-,14-,15+/m0/s1. The maximum absolute atomic E-state index is 13.8. The van der Waals surface area contributed by atoms with Crippen molar-refractivity contribution in [3.8, 4) is 0 Å². The van der Waals surface area contributed by atoms with Crippen molar-refractivity contribution < 1.29 is 14.2 Å². The van der Waals surface area contributed by atoms with Crippen LogP contribution in [0.5, 0.6) is 0 Å². The van der Waals surface area contributed by atoms with Crippen LogP contribution in [0.25, 0.3) is 0 Å². The third kappa shape index (κ3) is 5.24. The van der Waals surface area contributed by atoms with Gasteiger partial charge in [-0.3, -0.25) is 4.90 Å². The number of aliphatic hydroxyl groups excluding tert-OH is 1. The first kappa shape index (κ1) is 17.7. The van der Waals surface area contributed by atoms with Crippen molar-refractivity contribution in [2.75, 3.05) is 40.4 Å². The summed E-state index contributed by atoms with van der Waals surface area (Å²) in [4.78, 5) is 8.68. The zero-order valence-electron chi connectivity index (χ0n) is 13.5. The van der Waals surface area contributed by atoms with Crippen LogP contribution in [0.15, 0.2) is 5.38 Å². The summed E-state index contributed by atoms with van der Waals surface area (Å²) < 4.78 is 18.8.